The van der Waals surface area contributed by atoms with Gasteiger partial charge in [0.15, 0.2) is 0 Å². The van der Waals surface area contributed by atoms with Crippen LogP contribution in [0.4, 0.5) is 0 Å². The van der Waals surface area contributed by atoms with Gasteiger partial charge in [-0.05, 0) is 32.6 Å². The lowest BCUT2D eigenvalue weighted by Gasteiger charge is -2.38. The van der Waals surface area contributed by atoms with Gasteiger partial charge in [-0.25, -0.2) is 0 Å². The van der Waals surface area contributed by atoms with Crippen LogP contribution >= 0.6 is 0 Å². The van der Waals surface area contributed by atoms with E-state index in [4.69, 9.17) is 4.74 Å². The summed E-state index contributed by atoms with van der Waals surface area (Å²) in [5, 5.41) is 9.75. The van der Waals surface area contributed by atoms with Crippen LogP contribution in [0.15, 0.2) is 25.3 Å². The van der Waals surface area contributed by atoms with Gasteiger partial charge >= 0.3 is 0 Å². The second kappa shape index (κ2) is 11.0. The van der Waals surface area contributed by atoms with Gasteiger partial charge < -0.3 is 24.5 Å². The summed E-state index contributed by atoms with van der Waals surface area (Å²) in [7, 11) is 0. The molecule has 8 nitrogen and oxygen atoms in total. The Morgan fingerprint density at radius 3 is 2.53 bits per heavy atom. The number of hydrogen-bond acceptors (Lipinski definition) is 5. The van der Waals surface area contributed by atoms with Gasteiger partial charge in [0, 0.05) is 32.2 Å². The average Bonchev–Trinajstić information content (AvgIpc) is 3.44. The maximum absolute atomic E-state index is 14.0. The van der Waals surface area contributed by atoms with E-state index in [1.807, 2.05) is 13.8 Å². The molecular formula is C26H41N3O5. The number of aliphatic hydroxyl groups excluding tert-OH is 1. The Morgan fingerprint density at radius 2 is 1.94 bits per heavy atom. The Labute approximate surface area is 203 Å². The topological polar surface area (TPSA) is 90.4 Å². The Morgan fingerprint density at radius 1 is 1.24 bits per heavy atom. The minimum absolute atomic E-state index is 0.0271. The molecule has 0 aromatic carbocycles. The van der Waals surface area contributed by atoms with Crippen LogP contribution in [0.3, 0.4) is 0 Å². The normalized spacial score (nSPS) is 30.2. The number of carbonyl (C=O) groups is 3. The maximum Gasteiger partial charge on any atom is 0.248 e. The van der Waals surface area contributed by atoms with Crippen LogP contribution in [0.5, 0.6) is 0 Å². The summed E-state index contributed by atoms with van der Waals surface area (Å²) >= 11 is 0. The molecule has 2 bridgehead atoms. The van der Waals surface area contributed by atoms with Crippen LogP contribution in [0.2, 0.25) is 0 Å². The van der Waals surface area contributed by atoms with Crippen molar-refractivity contribution >= 4 is 17.7 Å². The lowest BCUT2D eigenvalue weighted by molar-refractivity contribution is -0.150. The van der Waals surface area contributed by atoms with Gasteiger partial charge in [0.25, 0.3) is 0 Å². The molecule has 3 saturated heterocycles. The largest absolute Gasteiger partial charge is 0.395 e. The van der Waals surface area contributed by atoms with Gasteiger partial charge in [-0.2, -0.15) is 0 Å². The molecule has 3 unspecified atom stereocenters. The molecule has 34 heavy (non-hydrogen) atoms. The van der Waals surface area contributed by atoms with E-state index in [1.165, 1.54) is 4.90 Å². The smallest absolute Gasteiger partial charge is 0.248 e. The zero-order valence-electron chi connectivity index (χ0n) is 20.9. The molecule has 3 aliphatic heterocycles. The van der Waals surface area contributed by atoms with Crippen LogP contribution in [-0.2, 0) is 19.1 Å². The lowest BCUT2D eigenvalue weighted by atomic mass is 9.70. The molecule has 8 heteroatoms. The van der Waals surface area contributed by atoms with Gasteiger partial charge in [-0.3, -0.25) is 14.4 Å². The number of β-amino-alcohol motifs (C(OH)–C–C–N with tert-alkyl or cyclic N) is 1. The standard InChI is InChI=1S/C26H41N3O5/c1-6-10-18(5)28(15-9-4)25(33)22-26-12-11-19(34-26)20(21(26)24(32)29(22)16-17-30)23(31)27(13-7-2)14-8-3/h7,9,18-22,30H,2,4,6,8,10-17H2,1,3,5H3/t18?,19-,20+,21+,22?,26?/m1/s1. The second-order valence-electron chi connectivity index (χ2n) is 9.80. The third kappa shape index (κ3) is 4.31. The van der Waals surface area contributed by atoms with E-state index in [-0.39, 0.29) is 43.0 Å². The van der Waals surface area contributed by atoms with E-state index in [1.54, 1.807) is 22.0 Å². The second-order valence-corrected chi connectivity index (χ2v) is 9.80. The molecule has 0 saturated carbocycles. The summed E-state index contributed by atoms with van der Waals surface area (Å²) in [6.45, 7) is 14.8. The Bertz CT molecular complexity index is 801. The van der Waals surface area contributed by atoms with Crippen LogP contribution in [0.25, 0.3) is 0 Å². The molecule has 1 spiro atoms. The highest BCUT2D eigenvalue weighted by atomic mass is 16.5. The molecule has 1 N–H and O–H groups in total. The van der Waals surface area contributed by atoms with E-state index in [9.17, 15) is 19.5 Å². The van der Waals surface area contributed by atoms with Crippen molar-refractivity contribution in [3.05, 3.63) is 25.3 Å². The number of aliphatic hydroxyl groups is 1. The maximum atomic E-state index is 14.0. The van der Waals surface area contributed by atoms with E-state index >= 15 is 0 Å². The van der Waals surface area contributed by atoms with Crippen LogP contribution in [-0.4, -0.2) is 94.1 Å². The molecule has 3 amide bonds. The molecule has 6 atom stereocenters. The molecule has 0 aromatic rings. The zero-order valence-corrected chi connectivity index (χ0v) is 20.9. The molecule has 0 aromatic heterocycles. The third-order valence-electron chi connectivity index (χ3n) is 7.66. The fourth-order valence-electron chi connectivity index (χ4n) is 6.35. The molecule has 0 radical (unpaired) electrons. The van der Waals surface area contributed by atoms with Gasteiger partial charge in [0.05, 0.1) is 24.5 Å². The van der Waals surface area contributed by atoms with Crippen molar-refractivity contribution in [1.29, 1.82) is 0 Å². The van der Waals surface area contributed by atoms with Crippen molar-refractivity contribution in [2.75, 3.05) is 32.8 Å². The van der Waals surface area contributed by atoms with E-state index in [2.05, 4.69) is 20.1 Å². The van der Waals surface area contributed by atoms with Crippen LogP contribution in [0, 0.1) is 11.8 Å². The van der Waals surface area contributed by atoms with Crippen molar-refractivity contribution < 1.29 is 24.2 Å². The lowest BCUT2D eigenvalue weighted by Crippen LogP contribution is -2.58. The highest BCUT2D eigenvalue weighted by molar-refractivity contribution is 5.99. The van der Waals surface area contributed by atoms with E-state index in [0.717, 1.165) is 19.3 Å². The molecule has 0 aliphatic carbocycles. The SMILES string of the molecule is C=CCN(CCC)C(=O)[C@@H]1[C@H]2C(=O)N(CCO)C(C(=O)N(CC=C)C(C)CCC)C23CC[C@H]1O3. The summed E-state index contributed by atoms with van der Waals surface area (Å²) in [6.07, 6.45) is 6.75. The summed E-state index contributed by atoms with van der Waals surface area (Å²) in [4.78, 5) is 46.4. The molecular weight excluding hydrogens is 434 g/mol. The minimum Gasteiger partial charge on any atom is -0.395 e. The monoisotopic (exact) mass is 475 g/mol. The van der Waals surface area contributed by atoms with Crippen molar-refractivity contribution in [1.82, 2.24) is 14.7 Å². The van der Waals surface area contributed by atoms with Crippen molar-refractivity contribution in [2.45, 2.75) is 76.7 Å². The first-order valence-corrected chi connectivity index (χ1v) is 12.7. The fourth-order valence-corrected chi connectivity index (χ4v) is 6.35. The number of nitrogens with zero attached hydrogens (tertiary/aromatic N) is 3. The van der Waals surface area contributed by atoms with Crippen LogP contribution in [0.1, 0.15) is 52.9 Å². The third-order valence-corrected chi connectivity index (χ3v) is 7.66. The number of carbonyl (C=O) groups excluding carboxylic acids is 3. The number of fused-ring (bicyclic) bond motifs is 1. The Balaban J connectivity index is 2.01. The first-order valence-electron chi connectivity index (χ1n) is 12.7. The summed E-state index contributed by atoms with van der Waals surface area (Å²) in [5.74, 6) is -1.88. The van der Waals surface area contributed by atoms with Crippen molar-refractivity contribution in [2.24, 2.45) is 11.8 Å². The summed E-state index contributed by atoms with van der Waals surface area (Å²) < 4.78 is 6.48. The van der Waals surface area contributed by atoms with Gasteiger partial charge in [-0.1, -0.05) is 32.4 Å². The number of hydrogen-bond donors (Lipinski definition) is 1. The Hall–Kier alpha value is -2.19. The van der Waals surface area contributed by atoms with E-state index in [0.29, 0.717) is 32.5 Å². The first kappa shape index (κ1) is 26.4. The predicted molar refractivity (Wildman–Crippen MR) is 130 cm³/mol. The molecule has 3 rings (SSSR count). The van der Waals surface area contributed by atoms with Gasteiger partial charge in [-0.15, -0.1) is 13.2 Å². The number of rotatable bonds is 13. The molecule has 3 fully saturated rings. The highest BCUT2D eigenvalue weighted by Crippen LogP contribution is 2.58. The summed E-state index contributed by atoms with van der Waals surface area (Å²) in [5.41, 5.74) is -1.04. The highest BCUT2D eigenvalue weighted by Gasteiger charge is 2.74. The number of amides is 3. The first-order chi connectivity index (χ1) is 16.3. The zero-order chi connectivity index (χ0) is 25.0. The minimum atomic E-state index is -1.04. The van der Waals surface area contributed by atoms with Crippen molar-refractivity contribution in [3.8, 4) is 0 Å². The molecule has 3 aliphatic rings. The van der Waals surface area contributed by atoms with E-state index < -0.39 is 23.5 Å². The van der Waals surface area contributed by atoms with Gasteiger partial charge in [0.2, 0.25) is 17.7 Å². The predicted octanol–water partition coefficient (Wildman–Crippen LogP) is 1.98. The van der Waals surface area contributed by atoms with Gasteiger partial charge in [0.1, 0.15) is 11.6 Å². The average molecular weight is 476 g/mol. The van der Waals surface area contributed by atoms with Crippen molar-refractivity contribution in [3.63, 3.8) is 0 Å². The molecule has 3 heterocycles. The fraction of sp³-hybridized carbons (Fsp3) is 0.731. The quantitative estimate of drug-likeness (QED) is 0.412. The Kier molecular flexibility index (Phi) is 8.57. The number of ether oxygens (including phenoxy) is 1. The molecule has 190 valence electrons. The van der Waals surface area contributed by atoms with Crippen LogP contribution < -0.4 is 0 Å². The summed E-state index contributed by atoms with van der Waals surface area (Å²) in [6, 6.07) is -0.876. The number of likely N-dealkylation sites (tertiary alicyclic amines) is 1.